The highest BCUT2D eigenvalue weighted by Crippen LogP contribution is 2.17. The fraction of sp³-hybridized carbons (Fsp3) is 0.471. The Kier molecular flexibility index (Phi) is 6.14. The first kappa shape index (κ1) is 17.0. The summed E-state index contributed by atoms with van der Waals surface area (Å²) < 4.78 is 0. The number of nitrogens with one attached hydrogen (secondary N) is 2. The van der Waals surface area contributed by atoms with Crippen molar-refractivity contribution >= 4 is 11.6 Å². The fourth-order valence-electron chi connectivity index (χ4n) is 2.54. The van der Waals surface area contributed by atoms with Gasteiger partial charge in [0.05, 0.1) is 11.5 Å². The summed E-state index contributed by atoms with van der Waals surface area (Å²) in [6.07, 6.45) is 4.86. The summed E-state index contributed by atoms with van der Waals surface area (Å²) in [4.78, 5) is 14.9. The largest absolute Gasteiger partial charge is 0.354 e. The summed E-state index contributed by atoms with van der Waals surface area (Å²) in [5.74, 6) is 0.776. The predicted octanol–water partition coefficient (Wildman–Crippen LogP) is 3.15. The molecule has 0 heterocycles. The standard InChI is InChI=1S/C17H24N4O2/c1-13(2)11-18-17(20-15-5-3-4-6-15)19-12-14-7-9-16(10-8-14)21(22)23/h7-10,15H,1,3-6,11-12H2,2H3,(H2,18,19,20). The maximum atomic E-state index is 10.7. The highest BCUT2D eigenvalue weighted by molar-refractivity contribution is 5.80. The maximum absolute atomic E-state index is 10.7. The molecular weight excluding hydrogens is 292 g/mol. The van der Waals surface area contributed by atoms with Gasteiger partial charge in [-0.3, -0.25) is 10.1 Å². The number of hydrogen-bond donors (Lipinski definition) is 2. The van der Waals surface area contributed by atoms with Gasteiger partial charge in [0.15, 0.2) is 5.96 Å². The Morgan fingerprint density at radius 1 is 1.35 bits per heavy atom. The summed E-state index contributed by atoms with van der Waals surface area (Å²) in [5.41, 5.74) is 2.09. The van der Waals surface area contributed by atoms with Gasteiger partial charge in [-0.2, -0.15) is 0 Å². The number of benzene rings is 1. The molecule has 0 atom stereocenters. The Morgan fingerprint density at radius 2 is 2.00 bits per heavy atom. The third kappa shape index (κ3) is 5.73. The minimum Gasteiger partial charge on any atom is -0.354 e. The molecule has 0 amide bonds. The van der Waals surface area contributed by atoms with Crippen molar-refractivity contribution in [3.05, 3.63) is 52.1 Å². The van der Waals surface area contributed by atoms with E-state index in [4.69, 9.17) is 0 Å². The van der Waals surface area contributed by atoms with Gasteiger partial charge in [-0.05, 0) is 25.3 Å². The van der Waals surface area contributed by atoms with Crippen molar-refractivity contribution in [3.63, 3.8) is 0 Å². The van der Waals surface area contributed by atoms with E-state index in [2.05, 4.69) is 22.2 Å². The smallest absolute Gasteiger partial charge is 0.269 e. The van der Waals surface area contributed by atoms with Gasteiger partial charge in [-0.25, -0.2) is 4.99 Å². The van der Waals surface area contributed by atoms with Gasteiger partial charge >= 0.3 is 0 Å². The topological polar surface area (TPSA) is 79.6 Å². The SMILES string of the molecule is C=C(C)CNC(=NCc1ccc([N+](=O)[O-])cc1)NC1CCCC1. The molecule has 23 heavy (non-hydrogen) atoms. The van der Waals surface area contributed by atoms with Crippen molar-refractivity contribution in [3.8, 4) is 0 Å². The van der Waals surface area contributed by atoms with E-state index in [1.807, 2.05) is 6.92 Å². The van der Waals surface area contributed by atoms with Gasteiger partial charge in [0, 0.05) is 24.7 Å². The van der Waals surface area contributed by atoms with E-state index in [1.165, 1.54) is 37.8 Å². The molecule has 1 aromatic rings. The summed E-state index contributed by atoms with van der Waals surface area (Å²) in [7, 11) is 0. The van der Waals surface area contributed by atoms with Crippen LogP contribution in [0.25, 0.3) is 0 Å². The van der Waals surface area contributed by atoms with Crippen LogP contribution in [0.2, 0.25) is 0 Å². The molecule has 2 N–H and O–H groups in total. The highest BCUT2D eigenvalue weighted by Gasteiger charge is 2.16. The van der Waals surface area contributed by atoms with Crippen molar-refractivity contribution in [1.82, 2.24) is 10.6 Å². The number of nitro benzene ring substituents is 1. The molecule has 6 heteroatoms. The number of nitrogens with zero attached hydrogens (tertiary/aromatic N) is 2. The molecule has 1 fully saturated rings. The minimum absolute atomic E-state index is 0.0995. The lowest BCUT2D eigenvalue weighted by molar-refractivity contribution is -0.384. The molecular formula is C17H24N4O2. The van der Waals surface area contributed by atoms with Crippen LogP contribution in [-0.4, -0.2) is 23.5 Å². The number of guanidine groups is 1. The molecule has 0 bridgehead atoms. The number of non-ortho nitro benzene ring substituents is 1. The Bertz CT molecular complexity index is 575. The summed E-state index contributed by atoms with van der Waals surface area (Å²) in [6, 6.07) is 6.98. The van der Waals surface area contributed by atoms with Gasteiger partial charge in [0.25, 0.3) is 5.69 Å². The number of hydrogen-bond acceptors (Lipinski definition) is 3. The normalized spacial score (nSPS) is 15.4. The molecule has 1 aliphatic rings. The van der Waals surface area contributed by atoms with Gasteiger partial charge < -0.3 is 10.6 Å². The van der Waals surface area contributed by atoms with E-state index < -0.39 is 4.92 Å². The van der Waals surface area contributed by atoms with E-state index in [1.54, 1.807) is 12.1 Å². The van der Waals surface area contributed by atoms with Gasteiger partial charge in [-0.1, -0.05) is 37.1 Å². The van der Waals surface area contributed by atoms with Crippen LogP contribution < -0.4 is 10.6 Å². The second kappa shape index (κ2) is 8.31. The predicted molar refractivity (Wildman–Crippen MR) is 92.4 cm³/mol. The molecule has 0 unspecified atom stereocenters. The molecule has 1 saturated carbocycles. The summed E-state index contributed by atoms with van der Waals surface area (Å²) >= 11 is 0. The quantitative estimate of drug-likeness (QED) is 0.278. The van der Waals surface area contributed by atoms with E-state index in [0.29, 0.717) is 19.1 Å². The number of nitro groups is 1. The van der Waals surface area contributed by atoms with Crippen molar-refractivity contribution in [2.45, 2.75) is 45.2 Å². The summed E-state index contributed by atoms with van der Waals surface area (Å²) in [6.45, 7) is 7.02. The Balaban J connectivity index is 1.99. The van der Waals surface area contributed by atoms with E-state index >= 15 is 0 Å². The monoisotopic (exact) mass is 316 g/mol. The minimum atomic E-state index is -0.394. The van der Waals surface area contributed by atoms with E-state index in [0.717, 1.165) is 17.1 Å². The Labute approximate surface area is 136 Å². The van der Waals surface area contributed by atoms with Crippen LogP contribution in [0, 0.1) is 10.1 Å². The van der Waals surface area contributed by atoms with Gasteiger partial charge in [0.2, 0.25) is 0 Å². The zero-order chi connectivity index (χ0) is 16.7. The second-order valence-electron chi connectivity index (χ2n) is 6.02. The lowest BCUT2D eigenvalue weighted by Crippen LogP contribution is -2.42. The first-order valence-corrected chi connectivity index (χ1v) is 7.97. The van der Waals surface area contributed by atoms with Gasteiger partial charge in [0.1, 0.15) is 0 Å². The second-order valence-corrected chi connectivity index (χ2v) is 6.02. The first-order valence-electron chi connectivity index (χ1n) is 7.97. The van der Waals surface area contributed by atoms with Crippen LogP contribution >= 0.6 is 0 Å². The molecule has 0 radical (unpaired) electrons. The molecule has 1 aromatic carbocycles. The Hall–Kier alpha value is -2.37. The van der Waals surface area contributed by atoms with Crippen molar-refractivity contribution in [2.75, 3.05) is 6.54 Å². The Morgan fingerprint density at radius 3 is 2.57 bits per heavy atom. The van der Waals surface area contributed by atoms with Crippen LogP contribution in [-0.2, 0) is 6.54 Å². The molecule has 0 aromatic heterocycles. The van der Waals surface area contributed by atoms with Gasteiger partial charge in [-0.15, -0.1) is 0 Å². The van der Waals surface area contributed by atoms with Crippen LogP contribution in [0.1, 0.15) is 38.2 Å². The van der Waals surface area contributed by atoms with Crippen LogP contribution in [0.15, 0.2) is 41.4 Å². The maximum Gasteiger partial charge on any atom is 0.269 e. The molecule has 0 saturated heterocycles. The molecule has 0 aliphatic heterocycles. The van der Waals surface area contributed by atoms with Crippen molar-refractivity contribution < 1.29 is 4.92 Å². The van der Waals surface area contributed by atoms with Crippen LogP contribution in [0.4, 0.5) is 5.69 Å². The summed E-state index contributed by atoms with van der Waals surface area (Å²) in [5, 5.41) is 17.4. The van der Waals surface area contributed by atoms with Crippen LogP contribution in [0.3, 0.4) is 0 Å². The van der Waals surface area contributed by atoms with E-state index in [9.17, 15) is 10.1 Å². The lowest BCUT2D eigenvalue weighted by atomic mass is 10.2. The first-order chi connectivity index (χ1) is 11.0. The zero-order valence-corrected chi connectivity index (χ0v) is 13.5. The third-order valence-corrected chi connectivity index (χ3v) is 3.82. The average Bonchev–Trinajstić information content (AvgIpc) is 3.03. The molecule has 6 nitrogen and oxygen atoms in total. The average molecular weight is 316 g/mol. The van der Waals surface area contributed by atoms with Crippen molar-refractivity contribution in [1.29, 1.82) is 0 Å². The number of aliphatic imine (C=N–C) groups is 1. The van der Waals surface area contributed by atoms with E-state index in [-0.39, 0.29) is 5.69 Å². The molecule has 2 rings (SSSR count). The molecule has 0 spiro atoms. The number of rotatable bonds is 6. The lowest BCUT2D eigenvalue weighted by Gasteiger charge is -2.17. The van der Waals surface area contributed by atoms with Crippen molar-refractivity contribution in [2.24, 2.45) is 4.99 Å². The third-order valence-electron chi connectivity index (χ3n) is 3.82. The molecule has 124 valence electrons. The molecule has 1 aliphatic carbocycles. The highest BCUT2D eigenvalue weighted by atomic mass is 16.6. The van der Waals surface area contributed by atoms with Crippen LogP contribution in [0.5, 0.6) is 0 Å². The fourth-order valence-corrected chi connectivity index (χ4v) is 2.54. The zero-order valence-electron chi connectivity index (χ0n) is 13.5.